The van der Waals surface area contributed by atoms with E-state index < -0.39 is 15.8 Å². The first-order valence-electron chi connectivity index (χ1n) is 5.96. The van der Waals surface area contributed by atoms with Crippen LogP contribution in [-0.2, 0) is 15.6 Å². The second-order valence-corrected chi connectivity index (χ2v) is 6.88. The number of carboxylic acid groups (broad SMARTS) is 1. The standard InChI is InChI=1S/C14H12ClNO4S/c1-9-2-3-10(14(17)18)6-13(9)21(19,20)8-11-4-5-16-7-12(11)15/h2-7H,8H2,1H3,(H,17,18). The molecule has 0 saturated carbocycles. The van der Waals surface area contributed by atoms with Crippen molar-refractivity contribution in [2.75, 3.05) is 0 Å². The van der Waals surface area contributed by atoms with Crippen LogP contribution in [0.5, 0.6) is 0 Å². The van der Waals surface area contributed by atoms with E-state index in [4.69, 9.17) is 16.7 Å². The summed E-state index contributed by atoms with van der Waals surface area (Å²) in [5.74, 6) is -1.48. The van der Waals surface area contributed by atoms with Gasteiger partial charge in [-0.2, -0.15) is 0 Å². The molecule has 0 unspecified atom stereocenters. The van der Waals surface area contributed by atoms with Crippen molar-refractivity contribution in [3.63, 3.8) is 0 Å². The largest absolute Gasteiger partial charge is 0.478 e. The third-order valence-corrected chi connectivity index (χ3v) is 5.11. The van der Waals surface area contributed by atoms with Crippen molar-refractivity contribution >= 4 is 27.4 Å². The Bertz CT molecular complexity index is 802. The number of pyridine rings is 1. The first-order chi connectivity index (χ1) is 9.81. The summed E-state index contributed by atoms with van der Waals surface area (Å²) < 4.78 is 25.0. The van der Waals surface area contributed by atoms with Crippen LogP contribution >= 0.6 is 11.6 Å². The molecule has 7 heteroatoms. The van der Waals surface area contributed by atoms with Crippen molar-refractivity contribution < 1.29 is 18.3 Å². The van der Waals surface area contributed by atoms with Crippen LogP contribution in [0.15, 0.2) is 41.6 Å². The van der Waals surface area contributed by atoms with Gasteiger partial charge < -0.3 is 5.11 Å². The number of sulfone groups is 1. The van der Waals surface area contributed by atoms with E-state index in [2.05, 4.69) is 4.98 Å². The van der Waals surface area contributed by atoms with Crippen molar-refractivity contribution in [2.24, 2.45) is 0 Å². The van der Waals surface area contributed by atoms with Gasteiger partial charge in [-0.05, 0) is 36.2 Å². The molecule has 2 aromatic rings. The Morgan fingerprint density at radius 3 is 2.67 bits per heavy atom. The summed E-state index contributed by atoms with van der Waals surface area (Å²) in [7, 11) is -3.70. The summed E-state index contributed by atoms with van der Waals surface area (Å²) in [4.78, 5) is 14.8. The minimum atomic E-state index is -3.70. The highest BCUT2D eigenvalue weighted by atomic mass is 35.5. The fourth-order valence-electron chi connectivity index (χ4n) is 1.87. The van der Waals surface area contributed by atoms with Gasteiger partial charge in [0, 0.05) is 12.4 Å². The van der Waals surface area contributed by atoms with Crippen molar-refractivity contribution in [3.8, 4) is 0 Å². The fourth-order valence-corrected chi connectivity index (χ4v) is 3.82. The molecular weight excluding hydrogens is 314 g/mol. The van der Waals surface area contributed by atoms with Crippen LogP contribution in [0.25, 0.3) is 0 Å². The molecule has 0 fully saturated rings. The Morgan fingerprint density at radius 1 is 1.33 bits per heavy atom. The highest BCUT2D eigenvalue weighted by Crippen LogP contribution is 2.24. The van der Waals surface area contributed by atoms with Crippen LogP contribution in [0.2, 0.25) is 5.02 Å². The van der Waals surface area contributed by atoms with Gasteiger partial charge in [0.1, 0.15) is 0 Å². The van der Waals surface area contributed by atoms with Crippen molar-refractivity contribution in [2.45, 2.75) is 17.6 Å². The second kappa shape index (κ2) is 5.83. The minimum Gasteiger partial charge on any atom is -0.478 e. The number of hydrogen-bond donors (Lipinski definition) is 1. The Labute approximate surface area is 127 Å². The lowest BCUT2D eigenvalue weighted by molar-refractivity contribution is 0.0696. The van der Waals surface area contributed by atoms with Gasteiger partial charge in [-0.25, -0.2) is 13.2 Å². The molecule has 0 bridgehead atoms. The zero-order chi connectivity index (χ0) is 15.6. The second-order valence-electron chi connectivity index (χ2n) is 4.51. The normalized spacial score (nSPS) is 11.3. The minimum absolute atomic E-state index is 0.00437. The van der Waals surface area contributed by atoms with E-state index in [1.54, 1.807) is 6.92 Å². The first kappa shape index (κ1) is 15.5. The number of aryl methyl sites for hydroxylation is 1. The Hall–Kier alpha value is -1.92. The lowest BCUT2D eigenvalue weighted by Crippen LogP contribution is -2.09. The maximum absolute atomic E-state index is 12.5. The first-order valence-corrected chi connectivity index (χ1v) is 7.99. The average Bonchev–Trinajstić information content (AvgIpc) is 2.41. The van der Waals surface area contributed by atoms with Gasteiger partial charge in [0.2, 0.25) is 0 Å². The number of benzene rings is 1. The number of halogens is 1. The summed E-state index contributed by atoms with van der Waals surface area (Å²) in [6.45, 7) is 1.62. The molecule has 110 valence electrons. The van der Waals surface area contributed by atoms with Crippen LogP contribution in [0.4, 0.5) is 0 Å². The third kappa shape index (κ3) is 3.40. The van der Waals surface area contributed by atoms with Crippen LogP contribution in [-0.4, -0.2) is 24.5 Å². The fraction of sp³-hybridized carbons (Fsp3) is 0.143. The Balaban J connectivity index is 2.47. The Morgan fingerprint density at radius 2 is 2.05 bits per heavy atom. The van der Waals surface area contributed by atoms with Gasteiger partial charge in [-0.3, -0.25) is 4.98 Å². The lowest BCUT2D eigenvalue weighted by atomic mass is 10.1. The number of carboxylic acids is 1. The molecule has 0 aliphatic rings. The number of rotatable bonds is 4. The monoisotopic (exact) mass is 325 g/mol. The molecule has 2 rings (SSSR count). The molecule has 0 aliphatic heterocycles. The van der Waals surface area contributed by atoms with Gasteiger partial charge in [-0.15, -0.1) is 0 Å². The van der Waals surface area contributed by atoms with Gasteiger partial charge in [0.15, 0.2) is 9.84 Å². The summed E-state index contributed by atoms with van der Waals surface area (Å²) in [6.07, 6.45) is 2.82. The molecule has 5 nitrogen and oxygen atoms in total. The SMILES string of the molecule is Cc1ccc(C(=O)O)cc1S(=O)(=O)Cc1ccncc1Cl. The average molecular weight is 326 g/mol. The van der Waals surface area contributed by atoms with Crippen LogP contribution < -0.4 is 0 Å². The highest BCUT2D eigenvalue weighted by molar-refractivity contribution is 7.90. The van der Waals surface area contributed by atoms with Gasteiger partial charge in [-0.1, -0.05) is 17.7 Å². The van der Waals surface area contributed by atoms with E-state index >= 15 is 0 Å². The molecular formula is C14H12ClNO4S. The molecule has 1 N–H and O–H groups in total. The van der Waals surface area contributed by atoms with Crippen LogP contribution in [0.1, 0.15) is 21.5 Å². The molecule has 21 heavy (non-hydrogen) atoms. The molecule has 1 aromatic heterocycles. The van der Waals surface area contributed by atoms with E-state index in [1.165, 1.54) is 36.7 Å². The maximum atomic E-state index is 12.5. The van der Waals surface area contributed by atoms with Crippen molar-refractivity contribution in [1.82, 2.24) is 4.98 Å². The lowest BCUT2D eigenvalue weighted by Gasteiger charge is -2.09. The van der Waals surface area contributed by atoms with E-state index in [-0.39, 0.29) is 21.2 Å². The van der Waals surface area contributed by atoms with E-state index in [0.29, 0.717) is 11.1 Å². The molecule has 1 heterocycles. The molecule has 0 amide bonds. The van der Waals surface area contributed by atoms with Crippen molar-refractivity contribution in [1.29, 1.82) is 0 Å². The van der Waals surface area contributed by atoms with Gasteiger partial charge in [0.25, 0.3) is 0 Å². The zero-order valence-electron chi connectivity index (χ0n) is 11.1. The summed E-state index contributed by atoms with van der Waals surface area (Å²) in [6, 6.07) is 5.54. The molecule has 0 aliphatic carbocycles. The number of aromatic carboxylic acids is 1. The smallest absolute Gasteiger partial charge is 0.335 e. The predicted octanol–water partition coefficient (Wildman–Crippen LogP) is 2.72. The summed E-state index contributed by atoms with van der Waals surface area (Å²) in [5.41, 5.74) is 0.844. The van der Waals surface area contributed by atoms with Crippen molar-refractivity contribution in [3.05, 3.63) is 58.4 Å². The highest BCUT2D eigenvalue weighted by Gasteiger charge is 2.21. The molecule has 1 aromatic carbocycles. The third-order valence-electron chi connectivity index (χ3n) is 2.97. The Kier molecular flexibility index (Phi) is 4.29. The number of aromatic nitrogens is 1. The number of nitrogens with zero attached hydrogens (tertiary/aromatic N) is 1. The van der Waals surface area contributed by atoms with E-state index in [9.17, 15) is 13.2 Å². The number of hydrogen-bond acceptors (Lipinski definition) is 4. The summed E-state index contributed by atoms with van der Waals surface area (Å²) >= 11 is 5.92. The van der Waals surface area contributed by atoms with Gasteiger partial charge >= 0.3 is 5.97 Å². The topological polar surface area (TPSA) is 84.3 Å². The van der Waals surface area contributed by atoms with E-state index in [0.717, 1.165) is 0 Å². The van der Waals surface area contributed by atoms with Crippen LogP contribution in [0, 0.1) is 6.92 Å². The van der Waals surface area contributed by atoms with Crippen LogP contribution in [0.3, 0.4) is 0 Å². The molecule has 0 spiro atoms. The quantitative estimate of drug-likeness (QED) is 0.934. The molecule has 0 saturated heterocycles. The van der Waals surface area contributed by atoms with Gasteiger partial charge in [0.05, 0.1) is 21.2 Å². The summed E-state index contributed by atoms with van der Waals surface area (Å²) in [5, 5.41) is 9.23. The predicted molar refractivity (Wildman–Crippen MR) is 78.3 cm³/mol. The maximum Gasteiger partial charge on any atom is 0.335 e. The zero-order valence-corrected chi connectivity index (χ0v) is 12.6. The molecule has 0 atom stereocenters. The molecule has 0 radical (unpaired) electrons. The van der Waals surface area contributed by atoms with E-state index in [1.807, 2.05) is 0 Å². The number of carbonyl (C=O) groups is 1.